The molecule has 1 N–H and O–H groups in total. The molecule has 0 radical (unpaired) electrons. The molecule has 0 saturated heterocycles. The number of anilines is 6. The van der Waals surface area contributed by atoms with E-state index in [9.17, 15) is 9.59 Å². The van der Waals surface area contributed by atoms with Crippen LogP contribution in [0.4, 0.5) is 34.1 Å². The second-order valence-electron chi connectivity index (χ2n) is 12.2. The summed E-state index contributed by atoms with van der Waals surface area (Å²) in [4.78, 5) is 30.5. The summed E-state index contributed by atoms with van der Waals surface area (Å²) in [6, 6.07) is 21.4. The second kappa shape index (κ2) is 14.0. The average molecular weight is 681 g/mol. The fraction of sp³-hybridized carbons (Fsp3) is 0.316. The number of carbonyl (C=O) groups excluding carboxylic acids is 2. The van der Waals surface area contributed by atoms with Crippen molar-refractivity contribution in [3.05, 3.63) is 72.3 Å². The number of nitrogens with one attached hydrogen (secondary N) is 1. The molecule has 4 aliphatic heterocycles. The maximum absolute atomic E-state index is 12.3. The first kappa shape index (κ1) is 32.8. The van der Waals surface area contributed by atoms with Gasteiger partial charge in [-0.25, -0.2) is 0 Å². The smallest absolute Gasteiger partial charge is 0.244 e. The highest BCUT2D eigenvalue weighted by Gasteiger charge is 2.30. The van der Waals surface area contributed by atoms with Crippen LogP contribution in [0.1, 0.15) is 19.4 Å². The van der Waals surface area contributed by atoms with Crippen LogP contribution in [0.2, 0.25) is 0 Å². The van der Waals surface area contributed by atoms with E-state index in [1.165, 1.54) is 0 Å². The quantitative estimate of drug-likeness (QED) is 0.245. The molecule has 0 atom stereocenters. The van der Waals surface area contributed by atoms with Crippen LogP contribution in [0.5, 0.6) is 34.5 Å². The summed E-state index contributed by atoms with van der Waals surface area (Å²) < 4.78 is 33.9. The average Bonchev–Trinajstić information content (AvgIpc) is 3.57. The van der Waals surface area contributed by atoms with E-state index in [-0.39, 0.29) is 25.0 Å². The van der Waals surface area contributed by atoms with E-state index in [2.05, 4.69) is 5.32 Å². The fourth-order valence-corrected chi connectivity index (χ4v) is 6.38. The Balaban J connectivity index is 0.000000159. The summed E-state index contributed by atoms with van der Waals surface area (Å²) in [7, 11) is 3.97. The van der Waals surface area contributed by atoms with Crippen molar-refractivity contribution in [3.63, 3.8) is 0 Å². The van der Waals surface area contributed by atoms with Gasteiger partial charge in [0, 0.05) is 56.2 Å². The molecular weight excluding hydrogens is 640 g/mol. The number of ketones is 1. The Labute approximate surface area is 291 Å². The van der Waals surface area contributed by atoms with Crippen LogP contribution in [0.15, 0.2) is 66.7 Å². The van der Waals surface area contributed by atoms with Gasteiger partial charge in [0.2, 0.25) is 12.7 Å². The maximum atomic E-state index is 12.3. The normalized spacial score (nSPS) is 15.3. The summed E-state index contributed by atoms with van der Waals surface area (Å²) in [5, 5.41) is 2.93. The molecule has 50 heavy (non-hydrogen) atoms. The number of fused-ring (bicyclic) bond motifs is 4. The predicted molar refractivity (Wildman–Crippen MR) is 191 cm³/mol. The zero-order valence-corrected chi connectivity index (χ0v) is 28.6. The molecule has 260 valence electrons. The lowest BCUT2D eigenvalue weighted by Gasteiger charge is -2.33. The van der Waals surface area contributed by atoms with Crippen molar-refractivity contribution >= 4 is 45.8 Å². The van der Waals surface area contributed by atoms with Gasteiger partial charge in [0.25, 0.3) is 0 Å². The lowest BCUT2D eigenvalue weighted by atomic mass is 9.99. The molecule has 0 spiro atoms. The van der Waals surface area contributed by atoms with Crippen LogP contribution in [-0.2, 0) is 16.0 Å². The highest BCUT2D eigenvalue weighted by atomic mass is 16.7. The van der Waals surface area contributed by atoms with Gasteiger partial charge in [0.1, 0.15) is 31.3 Å². The van der Waals surface area contributed by atoms with Crippen LogP contribution in [-0.4, -0.2) is 72.1 Å². The number of Topliss-reactive ketones (excluding diaryl/α,β-unsaturated/α-hetero) is 1. The van der Waals surface area contributed by atoms with Crippen LogP contribution >= 0.6 is 0 Å². The molecule has 0 aromatic heterocycles. The van der Waals surface area contributed by atoms with Crippen LogP contribution in [0, 0.1) is 0 Å². The van der Waals surface area contributed by atoms with Crippen molar-refractivity contribution in [2.45, 2.75) is 20.3 Å². The first-order valence-corrected chi connectivity index (χ1v) is 16.7. The van der Waals surface area contributed by atoms with Gasteiger partial charge in [0.05, 0.1) is 42.5 Å². The van der Waals surface area contributed by atoms with Gasteiger partial charge in [-0.2, -0.15) is 0 Å². The molecule has 4 heterocycles. The summed E-state index contributed by atoms with van der Waals surface area (Å²) in [5.41, 5.74) is 6.26. The van der Waals surface area contributed by atoms with Crippen molar-refractivity contribution < 1.29 is 38.0 Å². The number of carbonyl (C=O) groups is 2. The SMILES string of the molecule is CCOc1cc(N(C)C)ccc1N1CC(=O)Nc2cc3c(cc21)OCCO3.CCOc1ccccc1N1CC(=O)Cc2cc3c(cc21)OCO3. The molecule has 12 nitrogen and oxygen atoms in total. The van der Waals surface area contributed by atoms with Gasteiger partial charge in [-0.3, -0.25) is 9.59 Å². The molecule has 0 bridgehead atoms. The molecule has 4 aromatic rings. The number of ether oxygens (including phenoxy) is 6. The zero-order valence-electron chi connectivity index (χ0n) is 28.6. The summed E-state index contributed by atoms with van der Waals surface area (Å²) in [6.45, 7) is 6.79. The first-order valence-electron chi connectivity index (χ1n) is 16.7. The number of hydrogen-bond acceptors (Lipinski definition) is 11. The number of benzene rings is 4. The third kappa shape index (κ3) is 6.48. The minimum Gasteiger partial charge on any atom is -0.492 e. The maximum Gasteiger partial charge on any atom is 0.244 e. The predicted octanol–water partition coefficient (Wildman–Crippen LogP) is 6.09. The van der Waals surface area contributed by atoms with Crippen LogP contribution < -0.4 is 48.4 Å². The topological polar surface area (TPSA) is 111 Å². The highest BCUT2D eigenvalue weighted by Crippen LogP contribution is 2.47. The van der Waals surface area contributed by atoms with Crippen molar-refractivity contribution in [2.75, 3.05) is 80.4 Å². The van der Waals surface area contributed by atoms with E-state index < -0.39 is 0 Å². The largest absolute Gasteiger partial charge is 0.492 e. The number of hydrogen-bond donors (Lipinski definition) is 1. The molecular formula is C38H40N4O8. The lowest BCUT2D eigenvalue weighted by molar-refractivity contribution is -0.117. The summed E-state index contributed by atoms with van der Waals surface area (Å²) >= 11 is 0. The van der Waals surface area contributed by atoms with E-state index in [1.54, 1.807) is 0 Å². The zero-order chi connectivity index (χ0) is 34.8. The Morgan fingerprint density at radius 1 is 0.700 bits per heavy atom. The molecule has 4 aromatic carbocycles. The molecule has 0 saturated carbocycles. The number of para-hydroxylation sites is 2. The fourth-order valence-electron chi connectivity index (χ4n) is 6.38. The van der Waals surface area contributed by atoms with Gasteiger partial charge in [-0.05, 0) is 49.7 Å². The van der Waals surface area contributed by atoms with Crippen molar-refractivity contribution in [3.8, 4) is 34.5 Å². The van der Waals surface area contributed by atoms with E-state index in [0.717, 1.165) is 51.2 Å². The summed E-state index contributed by atoms with van der Waals surface area (Å²) in [5.74, 6) is 4.35. The molecule has 0 unspecified atom stereocenters. The Kier molecular flexibility index (Phi) is 9.16. The van der Waals surface area contributed by atoms with Gasteiger partial charge in [-0.15, -0.1) is 0 Å². The minimum atomic E-state index is -0.0849. The molecule has 0 fully saturated rings. The molecule has 4 aliphatic rings. The molecule has 1 amide bonds. The lowest BCUT2D eigenvalue weighted by Crippen LogP contribution is -2.35. The third-order valence-corrected chi connectivity index (χ3v) is 8.62. The van der Waals surface area contributed by atoms with Gasteiger partial charge in [-0.1, -0.05) is 12.1 Å². The van der Waals surface area contributed by atoms with Crippen molar-refractivity contribution in [1.29, 1.82) is 0 Å². The Morgan fingerprint density at radius 3 is 2.10 bits per heavy atom. The van der Waals surface area contributed by atoms with Gasteiger partial charge in [0.15, 0.2) is 28.8 Å². The first-order chi connectivity index (χ1) is 24.3. The van der Waals surface area contributed by atoms with Crippen LogP contribution in [0.3, 0.4) is 0 Å². The Morgan fingerprint density at radius 2 is 1.34 bits per heavy atom. The number of nitrogens with zero attached hydrogens (tertiary/aromatic N) is 3. The molecule has 0 aliphatic carbocycles. The minimum absolute atomic E-state index is 0.0849. The van der Waals surface area contributed by atoms with Crippen LogP contribution in [0.25, 0.3) is 0 Å². The third-order valence-electron chi connectivity index (χ3n) is 8.62. The van der Waals surface area contributed by atoms with E-state index >= 15 is 0 Å². The van der Waals surface area contributed by atoms with Crippen molar-refractivity contribution in [1.82, 2.24) is 0 Å². The van der Waals surface area contributed by atoms with E-state index in [1.807, 2.05) is 109 Å². The van der Waals surface area contributed by atoms with E-state index in [0.29, 0.717) is 62.3 Å². The van der Waals surface area contributed by atoms with Crippen molar-refractivity contribution in [2.24, 2.45) is 0 Å². The number of amides is 1. The molecule has 8 rings (SSSR count). The standard InChI is InChI=1S/C20H23N3O4.C18H17NO4/c1-4-25-17-9-13(22(2)3)5-6-15(17)23-12-20(24)21-14-10-18-19(11-16(14)23)27-8-7-26-18;1-2-21-16-6-4-3-5-14(16)19-10-13(20)7-12-8-17-18(9-15(12)19)23-11-22-17/h5-6,9-11H,4,7-8,12H2,1-3H3,(H,21,24);3-6,8-9H,2,7,10-11H2,1H3. The second-order valence-corrected chi connectivity index (χ2v) is 12.2. The van der Waals surface area contributed by atoms with Gasteiger partial charge < -0.3 is 48.4 Å². The highest BCUT2D eigenvalue weighted by molar-refractivity contribution is 6.04. The monoisotopic (exact) mass is 680 g/mol. The molecule has 12 heteroatoms. The number of rotatable bonds is 7. The Hall–Kier alpha value is -5.78. The Bertz CT molecular complexity index is 1930. The van der Waals surface area contributed by atoms with Gasteiger partial charge >= 0.3 is 0 Å². The summed E-state index contributed by atoms with van der Waals surface area (Å²) in [6.07, 6.45) is 0.416. The van der Waals surface area contributed by atoms with E-state index in [4.69, 9.17) is 28.4 Å².